The zero-order chi connectivity index (χ0) is 10.5. The van der Waals surface area contributed by atoms with E-state index < -0.39 is 17.8 Å². The fourth-order valence-corrected chi connectivity index (χ4v) is 1.20. The van der Waals surface area contributed by atoms with Crippen LogP contribution in [0.25, 0.3) is 0 Å². The summed E-state index contributed by atoms with van der Waals surface area (Å²) < 4.78 is 30.7. The number of carbonyl (C=O) groups excluding carboxylic acids is 1. The van der Waals surface area contributed by atoms with Crippen molar-refractivity contribution in [2.24, 2.45) is 5.92 Å². The number of hydrogen-bond acceptors (Lipinski definition) is 2. The SMILES string of the molecule is CCOC(=O)C(F)(F)C(CC)CC. The summed E-state index contributed by atoms with van der Waals surface area (Å²) in [6.07, 6.45) is 0.560. The van der Waals surface area contributed by atoms with Gasteiger partial charge in [-0.05, 0) is 19.8 Å². The Bertz CT molecular complexity index is 165. The summed E-state index contributed by atoms with van der Waals surface area (Å²) in [5.74, 6) is -5.64. The molecule has 0 heterocycles. The van der Waals surface area contributed by atoms with Crippen LogP contribution in [0.4, 0.5) is 8.78 Å². The van der Waals surface area contributed by atoms with Crippen LogP contribution in [0.3, 0.4) is 0 Å². The molecular formula is C9H16F2O2. The van der Waals surface area contributed by atoms with Gasteiger partial charge in [-0.15, -0.1) is 0 Å². The van der Waals surface area contributed by atoms with Crippen molar-refractivity contribution in [3.63, 3.8) is 0 Å². The topological polar surface area (TPSA) is 26.3 Å². The van der Waals surface area contributed by atoms with Gasteiger partial charge in [0.2, 0.25) is 0 Å². The second kappa shape index (κ2) is 5.14. The Morgan fingerprint density at radius 1 is 1.31 bits per heavy atom. The van der Waals surface area contributed by atoms with Crippen LogP contribution in [-0.4, -0.2) is 18.5 Å². The third-order valence-electron chi connectivity index (χ3n) is 2.05. The maximum Gasteiger partial charge on any atom is 0.377 e. The van der Waals surface area contributed by atoms with Crippen molar-refractivity contribution in [2.75, 3.05) is 6.61 Å². The number of hydrogen-bond donors (Lipinski definition) is 0. The molecule has 78 valence electrons. The molecular weight excluding hydrogens is 178 g/mol. The van der Waals surface area contributed by atoms with E-state index in [1.165, 1.54) is 6.92 Å². The van der Waals surface area contributed by atoms with Crippen molar-refractivity contribution in [2.45, 2.75) is 39.5 Å². The summed E-state index contributed by atoms with van der Waals surface area (Å²) >= 11 is 0. The molecule has 0 bridgehead atoms. The van der Waals surface area contributed by atoms with Gasteiger partial charge in [0.25, 0.3) is 0 Å². The Morgan fingerprint density at radius 3 is 2.08 bits per heavy atom. The summed E-state index contributed by atoms with van der Waals surface area (Å²) in [5, 5.41) is 0. The monoisotopic (exact) mass is 194 g/mol. The van der Waals surface area contributed by atoms with Gasteiger partial charge in [0.05, 0.1) is 6.61 Å². The van der Waals surface area contributed by atoms with Crippen LogP contribution < -0.4 is 0 Å². The molecule has 13 heavy (non-hydrogen) atoms. The number of esters is 1. The molecule has 0 aromatic carbocycles. The number of alkyl halides is 2. The molecule has 0 aliphatic rings. The van der Waals surface area contributed by atoms with Gasteiger partial charge in [-0.2, -0.15) is 8.78 Å². The van der Waals surface area contributed by atoms with Crippen molar-refractivity contribution >= 4 is 5.97 Å². The minimum absolute atomic E-state index is 0.00539. The molecule has 0 atom stereocenters. The Hall–Kier alpha value is -0.670. The van der Waals surface area contributed by atoms with E-state index in [1.54, 1.807) is 13.8 Å². The van der Waals surface area contributed by atoms with Crippen LogP contribution >= 0.6 is 0 Å². The third-order valence-corrected chi connectivity index (χ3v) is 2.05. The summed E-state index contributed by atoms with van der Waals surface area (Å²) in [7, 11) is 0. The average molecular weight is 194 g/mol. The number of carbonyl (C=O) groups is 1. The molecule has 0 saturated carbocycles. The molecule has 0 aliphatic carbocycles. The molecule has 0 aromatic heterocycles. The normalized spacial score (nSPS) is 11.8. The van der Waals surface area contributed by atoms with E-state index in [0.717, 1.165) is 0 Å². The van der Waals surface area contributed by atoms with E-state index in [1.807, 2.05) is 0 Å². The van der Waals surface area contributed by atoms with Crippen LogP contribution in [0, 0.1) is 5.92 Å². The molecule has 2 nitrogen and oxygen atoms in total. The standard InChI is InChI=1S/C9H16F2O2/c1-4-7(5-2)9(10,11)8(12)13-6-3/h7H,4-6H2,1-3H3. The third kappa shape index (κ3) is 2.94. The molecule has 0 saturated heterocycles. The summed E-state index contributed by atoms with van der Waals surface area (Å²) in [4.78, 5) is 10.9. The van der Waals surface area contributed by atoms with Gasteiger partial charge in [-0.3, -0.25) is 0 Å². The van der Waals surface area contributed by atoms with E-state index in [4.69, 9.17) is 0 Å². The smallest absolute Gasteiger partial charge is 0.377 e. The molecule has 0 N–H and O–H groups in total. The van der Waals surface area contributed by atoms with Gasteiger partial charge in [-0.1, -0.05) is 13.8 Å². The quantitative estimate of drug-likeness (QED) is 0.629. The first kappa shape index (κ1) is 12.3. The number of ether oxygens (including phenoxy) is 1. The van der Waals surface area contributed by atoms with Gasteiger partial charge >= 0.3 is 11.9 Å². The largest absolute Gasteiger partial charge is 0.462 e. The number of halogens is 2. The first-order valence-corrected chi connectivity index (χ1v) is 4.55. The Morgan fingerprint density at radius 2 is 1.77 bits per heavy atom. The Labute approximate surface area is 77.3 Å². The lowest BCUT2D eigenvalue weighted by Crippen LogP contribution is -2.38. The van der Waals surface area contributed by atoms with Crippen LogP contribution in [0.15, 0.2) is 0 Å². The predicted molar refractivity (Wildman–Crippen MR) is 45.7 cm³/mol. The van der Waals surface area contributed by atoms with Gasteiger partial charge in [0, 0.05) is 5.92 Å². The molecule has 0 radical (unpaired) electrons. The lowest BCUT2D eigenvalue weighted by Gasteiger charge is -2.22. The highest BCUT2D eigenvalue weighted by atomic mass is 19.3. The summed E-state index contributed by atoms with van der Waals surface area (Å²) in [6.45, 7) is 4.79. The second-order valence-electron chi connectivity index (χ2n) is 2.86. The van der Waals surface area contributed by atoms with Crippen molar-refractivity contribution < 1.29 is 18.3 Å². The fraction of sp³-hybridized carbons (Fsp3) is 0.889. The van der Waals surface area contributed by atoms with Crippen LogP contribution in [0.2, 0.25) is 0 Å². The predicted octanol–water partition coefficient (Wildman–Crippen LogP) is 2.62. The summed E-state index contributed by atoms with van der Waals surface area (Å²) in [6, 6.07) is 0. The molecule has 0 aliphatic heterocycles. The van der Waals surface area contributed by atoms with Crippen molar-refractivity contribution in [1.82, 2.24) is 0 Å². The van der Waals surface area contributed by atoms with Crippen LogP contribution in [0.5, 0.6) is 0 Å². The van der Waals surface area contributed by atoms with Crippen molar-refractivity contribution in [3.8, 4) is 0 Å². The lowest BCUT2D eigenvalue weighted by atomic mass is 9.96. The van der Waals surface area contributed by atoms with Gasteiger partial charge in [0.15, 0.2) is 0 Å². The highest BCUT2D eigenvalue weighted by Crippen LogP contribution is 2.30. The fourth-order valence-electron chi connectivity index (χ4n) is 1.20. The molecule has 4 heteroatoms. The average Bonchev–Trinajstić information content (AvgIpc) is 2.06. The van der Waals surface area contributed by atoms with Crippen molar-refractivity contribution in [1.29, 1.82) is 0 Å². The maximum atomic E-state index is 13.2. The molecule has 0 rings (SSSR count). The van der Waals surface area contributed by atoms with Gasteiger partial charge in [0.1, 0.15) is 0 Å². The van der Waals surface area contributed by atoms with E-state index in [-0.39, 0.29) is 19.4 Å². The van der Waals surface area contributed by atoms with Crippen molar-refractivity contribution in [3.05, 3.63) is 0 Å². The molecule has 0 spiro atoms. The van der Waals surface area contributed by atoms with Gasteiger partial charge < -0.3 is 4.74 Å². The highest BCUT2D eigenvalue weighted by molar-refractivity contribution is 5.77. The Kier molecular flexibility index (Phi) is 4.88. The minimum Gasteiger partial charge on any atom is -0.462 e. The zero-order valence-corrected chi connectivity index (χ0v) is 8.27. The van der Waals surface area contributed by atoms with E-state index in [2.05, 4.69) is 4.74 Å². The summed E-state index contributed by atoms with van der Waals surface area (Å²) in [5.41, 5.74) is 0. The molecule has 0 fully saturated rings. The number of rotatable bonds is 5. The molecule has 0 unspecified atom stereocenters. The Balaban J connectivity index is 4.42. The van der Waals surface area contributed by atoms with E-state index >= 15 is 0 Å². The lowest BCUT2D eigenvalue weighted by molar-refractivity contribution is -0.180. The first-order chi connectivity index (χ1) is 6.00. The highest BCUT2D eigenvalue weighted by Gasteiger charge is 2.46. The minimum atomic E-state index is -3.33. The van der Waals surface area contributed by atoms with E-state index in [0.29, 0.717) is 0 Å². The zero-order valence-electron chi connectivity index (χ0n) is 8.27. The first-order valence-electron chi connectivity index (χ1n) is 4.55. The van der Waals surface area contributed by atoms with Crippen LogP contribution in [0.1, 0.15) is 33.6 Å². The molecule has 0 amide bonds. The van der Waals surface area contributed by atoms with Crippen LogP contribution in [-0.2, 0) is 9.53 Å². The van der Waals surface area contributed by atoms with E-state index in [9.17, 15) is 13.6 Å². The van der Waals surface area contributed by atoms with Gasteiger partial charge in [-0.25, -0.2) is 4.79 Å². The maximum absolute atomic E-state index is 13.2. The second-order valence-corrected chi connectivity index (χ2v) is 2.86. The molecule has 0 aromatic rings.